The van der Waals surface area contributed by atoms with Crippen LogP contribution in [-0.2, 0) is 11.2 Å². The van der Waals surface area contributed by atoms with Gasteiger partial charge in [-0.15, -0.1) is 0 Å². The number of benzene rings is 2. The van der Waals surface area contributed by atoms with Crippen molar-refractivity contribution >= 4 is 27.5 Å². The Morgan fingerprint density at radius 1 is 1.29 bits per heavy atom. The third-order valence-corrected chi connectivity index (χ3v) is 3.76. The summed E-state index contributed by atoms with van der Waals surface area (Å²) in [6.45, 7) is 0. The van der Waals surface area contributed by atoms with Crippen LogP contribution in [-0.4, -0.2) is 19.1 Å². The number of hydrogen-bond donors (Lipinski definition) is 2. The fourth-order valence-corrected chi connectivity index (χ4v) is 2.26. The number of rotatable bonds is 5. The van der Waals surface area contributed by atoms with E-state index in [1.54, 1.807) is 13.2 Å². The summed E-state index contributed by atoms with van der Waals surface area (Å²) in [4.78, 5) is 12.2. The monoisotopic (exact) mass is 348 g/mol. The zero-order valence-electron chi connectivity index (χ0n) is 11.7. The SMILES string of the molecule is COc1ccc(Br)c(NC(=O)C(N)Cc2ccccc2)c1. The first-order valence-electron chi connectivity index (χ1n) is 6.54. The maximum absolute atomic E-state index is 12.2. The van der Waals surface area contributed by atoms with Gasteiger partial charge in [-0.2, -0.15) is 0 Å². The van der Waals surface area contributed by atoms with Crippen molar-refractivity contribution in [2.45, 2.75) is 12.5 Å². The van der Waals surface area contributed by atoms with E-state index in [9.17, 15) is 4.79 Å². The Morgan fingerprint density at radius 2 is 2.00 bits per heavy atom. The van der Waals surface area contributed by atoms with Crippen molar-refractivity contribution in [2.24, 2.45) is 5.73 Å². The van der Waals surface area contributed by atoms with E-state index in [0.29, 0.717) is 17.9 Å². The molecule has 21 heavy (non-hydrogen) atoms. The van der Waals surface area contributed by atoms with Gasteiger partial charge in [0.25, 0.3) is 0 Å². The van der Waals surface area contributed by atoms with Crippen LogP contribution >= 0.6 is 15.9 Å². The summed E-state index contributed by atoms with van der Waals surface area (Å²) in [5, 5.41) is 2.81. The Bertz CT molecular complexity index is 617. The minimum absolute atomic E-state index is 0.229. The molecule has 0 fully saturated rings. The number of carbonyl (C=O) groups excluding carboxylic acids is 1. The lowest BCUT2D eigenvalue weighted by atomic mass is 10.1. The zero-order valence-corrected chi connectivity index (χ0v) is 13.3. The summed E-state index contributed by atoms with van der Waals surface area (Å²) in [7, 11) is 1.58. The minimum Gasteiger partial charge on any atom is -0.497 e. The molecule has 2 aromatic carbocycles. The molecular weight excluding hydrogens is 332 g/mol. The Labute approximate surface area is 132 Å². The van der Waals surface area contributed by atoms with E-state index in [1.807, 2.05) is 42.5 Å². The lowest BCUT2D eigenvalue weighted by molar-refractivity contribution is -0.117. The second-order valence-corrected chi connectivity index (χ2v) is 5.49. The van der Waals surface area contributed by atoms with Gasteiger partial charge in [-0.3, -0.25) is 4.79 Å². The number of nitrogens with one attached hydrogen (secondary N) is 1. The van der Waals surface area contributed by atoms with Gasteiger partial charge in [0.2, 0.25) is 5.91 Å². The Hall–Kier alpha value is -1.85. The van der Waals surface area contributed by atoms with E-state index in [0.717, 1.165) is 10.0 Å². The first-order valence-corrected chi connectivity index (χ1v) is 7.33. The molecule has 0 saturated heterocycles. The molecule has 2 rings (SSSR count). The van der Waals surface area contributed by atoms with Crippen molar-refractivity contribution in [1.82, 2.24) is 0 Å². The first kappa shape index (κ1) is 15.5. The molecule has 1 atom stereocenters. The van der Waals surface area contributed by atoms with Crippen LogP contribution < -0.4 is 15.8 Å². The molecule has 0 aliphatic carbocycles. The van der Waals surface area contributed by atoms with Crippen LogP contribution in [0.15, 0.2) is 53.0 Å². The molecule has 2 aromatic rings. The summed E-state index contributed by atoms with van der Waals surface area (Å²) in [6.07, 6.45) is 0.494. The van der Waals surface area contributed by atoms with Gasteiger partial charge in [-0.05, 0) is 40.0 Å². The van der Waals surface area contributed by atoms with Crippen LogP contribution in [0.5, 0.6) is 5.75 Å². The predicted octanol–water partition coefficient (Wildman–Crippen LogP) is 2.97. The number of anilines is 1. The van der Waals surface area contributed by atoms with E-state index in [4.69, 9.17) is 10.5 Å². The largest absolute Gasteiger partial charge is 0.497 e. The highest BCUT2D eigenvalue weighted by Gasteiger charge is 2.15. The van der Waals surface area contributed by atoms with Gasteiger partial charge in [0, 0.05) is 10.5 Å². The second kappa shape index (κ2) is 7.24. The first-order chi connectivity index (χ1) is 10.1. The predicted molar refractivity (Wildman–Crippen MR) is 87.4 cm³/mol. The Balaban J connectivity index is 2.04. The van der Waals surface area contributed by atoms with Gasteiger partial charge >= 0.3 is 0 Å². The van der Waals surface area contributed by atoms with Gasteiger partial charge in [0.05, 0.1) is 18.8 Å². The van der Waals surface area contributed by atoms with Crippen molar-refractivity contribution in [3.63, 3.8) is 0 Å². The summed E-state index contributed by atoms with van der Waals surface area (Å²) in [6, 6.07) is 14.5. The van der Waals surface area contributed by atoms with Gasteiger partial charge in [0.15, 0.2) is 0 Å². The molecule has 0 aliphatic heterocycles. The molecule has 4 nitrogen and oxygen atoms in total. The summed E-state index contributed by atoms with van der Waals surface area (Å²) in [5.41, 5.74) is 7.63. The number of amides is 1. The van der Waals surface area contributed by atoms with E-state index in [1.165, 1.54) is 0 Å². The van der Waals surface area contributed by atoms with Crippen molar-refractivity contribution in [3.05, 3.63) is 58.6 Å². The number of hydrogen-bond acceptors (Lipinski definition) is 3. The molecule has 3 N–H and O–H groups in total. The van der Waals surface area contributed by atoms with Crippen molar-refractivity contribution in [2.75, 3.05) is 12.4 Å². The van der Waals surface area contributed by atoms with E-state index in [-0.39, 0.29) is 5.91 Å². The quantitative estimate of drug-likeness (QED) is 0.872. The maximum atomic E-state index is 12.2. The molecule has 110 valence electrons. The molecular formula is C16H17BrN2O2. The van der Waals surface area contributed by atoms with Crippen LogP contribution in [0.3, 0.4) is 0 Å². The fourth-order valence-electron chi connectivity index (χ4n) is 1.91. The van der Waals surface area contributed by atoms with Crippen LogP contribution in [0, 0.1) is 0 Å². The third-order valence-electron chi connectivity index (χ3n) is 3.07. The van der Waals surface area contributed by atoms with Crippen molar-refractivity contribution < 1.29 is 9.53 Å². The van der Waals surface area contributed by atoms with Gasteiger partial charge < -0.3 is 15.8 Å². The molecule has 0 spiro atoms. The number of carbonyl (C=O) groups is 1. The molecule has 1 amide bonds. The van der Waals surface area contributed by atoms with Crippen LogP contribution in [0.4, 0.5) is 5.69 Å². The summed E-state index contributed by atoms with van der Waals surface area (Å²) >= 11 is 3.39. The molecule has 5 heteroatoms. The maximum Gasteiger partial charge on any atom is 0.241 e. The number of nitrogens with two attached hydrogens (primary N) is 1. The molecule has 0 heterocycles. The standard InChI is InChI=1S/C16H17BrN2O2/c1-21-12-7-8-13(17)15(10-12)19-16(20)14(18)9-11-5-3-2-4-6-11/h2-8,10,14H,9,18H2,1H3,(H,19,20). The summed E-state index contributed by atoms with van der Waals surface area (Å²) < 4.78 is 5.93. The highest BCUT2D eigenvalue weighted by molar-refractivity contribution is 9.10. The lowest BCUT2D eigenvalue weighted by Gasteiger charge is -2.14. The number of methoxy groups -OCH3 is 1. The number of halogens is 1. The highest BCUT2D eigenvalue weighted by atomic mass is 79.9. The van der Waals surface area contributed by atoms with Crippen molar-refractivity contribution in [3.8, 4) is 5.75 Å². The molecule has 0 radical (unpaired) electrons. The molecule has 0 aliphatic rings. The molecule has 0 saturated carbocycles. The fraction of sp³-hybridized carbons (Fsp3) is 0.188. The zero-order chi connectivity index (χ0) is 15.2. The van der Waals surface area contributed by atoms with Crippen LogP contribution in [0.25, 0.3) is 0 Å². The second-order valence-electron chi connectivity index (χ2n) is 4.63. The number of ether oxygens (including phenoxy) is 1. The molecule has 1 unspecified atom stereocenters. The smallest absolute Gasteiger partial charge is 0.241 e. The molecule has 0 aromatic heterocycles. The summed E-state index contributed by atoms with van der Waals surface area (Å²) in [5.74, 6) is 0.443. The average Bonchev–Trinajstić information content (AvgIpc) is 2.50. The van der Waals surface area contributed by atoms with E-state index >= 15 is 0 Å². The van der Waals surface area contributed by atoms with Gasteiger partial charge in [-0.1, -0.05) is 30.3 Å². The van der Waals surface area contributed by atoms with Crippen LogP contribution in [0.1, 0.15) is 5.56 Å². The van der Waals surface area contributed by atoms with E-state index < -0.39 is 6.04 Å². The van der Waals surface area contributed by atoms with Gasteiger partial charge in [0.1, 0.15) is 5.75 Å². The van der Waals surface area contributed by atoms with E-state index in [2.05, 4.69) is 21.2 Å². The molecule has 0 bridgehead atoms. The third kappa shape index (κ3) is 4.31. The normalized spacial score (nSPS) is 11.8. The minimum atomic E-state index is -0.606. The average molecular weight is 349 g/mol. The van der Waals surface area contributed by atoms with Crippen LogP contribution in [0.2, 0.25) is 0 Å². The lowest BCUT2D eigenvalue weighted by Crippen LogP contribution is -2.37. The van der Waals surface area contributed by atoms with Crippen molar-refractivity contribution in [1.29, 1.82) is 0 Å². The Kier molecular flexibility index (Phi) is 5.36. The Morgan fingerprint density at radius 3 is 2.67 bits per heavy atom. The van der Waals surface area contributed by atoms with Gasteiger partial charge in [-0.25, -0.2) is 0 Å². The topological polar surface area (TPSA) is 64.3 Å². The highest BCUT2D eigenvalue weighted by Crippen LogP contribution is 2.27.